The highest BCUT2D eigenvalue weighted by molar-refractivity contribution is 5.82. The molecule has 1 saturated heterocycles. The summed E-state index contributed by atoms with van der Waals surface area (Å²) in [4.78, 5) is 18.4. The SMILES string of the molecule is COc1cccc(N2CCN3c4ccccc4C[C@@H](C(=O)NC4CCCCC4)[C@H]3C2)c1. The van der Waals surface area contributed by atoms with Gasteiger partial charge in [0.25, 0.3) is 0 Å². The Balaban J connectivity index is 1.40. The van der Waals surface area contributed by atoms with Crippen LogP contribution in [0, 0.1) is 5.92 Å². The van der Waals surface area contributed by atoms with Crippen molar-refractivity contribution in [2.24, 2.45) is 5.92 Å². The number of carbonyl (C=O) groups is 1. The number of fused-ring (bicyclic) bond motifs is 3. The zero-order valence-corrected chi connectivity index (χ0v) is 18.4. The van der Waals surface area contributed by atoms with E-state index in [0.29, 0.717) is 6.04 Å². The molecule has 3 aliphatic rings. The average molecular weight is 420 g/mol. The van der Waals surface area contributed by atoms with E-state index in [2.05, 4.69) is 51.5 Å². The number of amides is 1. The molecule has 1 saturated carbocycles. The zero-order chi connectivity index (χ0) is 21.2. The summed E-state index contributed by atoms with van der Waals surface area (Å²) in [5.41, 5.74) is 3.78. The fourth-order valence-electron chi connectivity index (χ4n) is 5.65. The molecule has 2 aromatic carbocycles. The number of benzene rings is 2. The van der Waals surface area contributed by atoms with Gasteiger partial charge in [-0.05, 0) is 43.0 Å². The minimum Gasteiger partial charge on any atom is -0.497 e. The zero-order valence-electron chi connectivity index (χ0n) is 18.4. The van der Waals surface area contributed by atoms with Gasteiger partial charge in [0.1, 0.15) is 5.75 Å². The van der Waals surface area contributed by atoms with E-state index in [9.17, 15) is 4.79 Å². The Morgan fingerprint density at radius 3 is 2.71 bits per heavy atom. The van der Waals surface area contributed by atoms with Crippen LogP contribution in [-0.4, -0.2) is 44.7 Å². The average Bonchev–Trinajstić information content (AvgIpc) is 2.83. The summed E-state index contributed by atoms with van der Waals surface area (Å²) in [5, 5.41) is 3.42. The molecule has 1 amide bonds. The second-order valence-electron chi connectivity index (χ2n) is 9.19. The van der Waals surface area contributed by atoms with Gasteiger partial charge in [-0.3, -0.25) is 4.79 Å². The van der Waals surface area contributed by atoms with Gasteiger partial charge in [0.2, 0.25) is 5.91 Å². The quantitative estimate of drug-likeness (QED) is 0.813. The summed E-state index contributed by atoms with van der Waals surface area (Å²) in [5.74, 6) is 1.09. The van der Waals surface area contributed by atoms with Crippen molar-refractivity contribution in [2.45, 2.75) is 50.6 Å². The molecular weight excluding hydrogens is 386 g/mol. The van der Waals surface area contributed by atoms with E-state index >= 15 is 0 Å². The standard InChI is InChI=1S/C26H33N3O2/c1-31-22-12-7-11-21(17-22)28-14-15-29-24-13-6-5-8-19(24)16-23(25(29)18-28)26(30)27-20-9-3-2-4-10-20/h5-8,11-13,17,20,23,25H,2-4,9-10,14-16,18H2,1H3,(H,27,30)/t23-,25-/m1/s1. The summed E-state index contributed by atoms with van der Waals surface area (Å²) < 4.78 is 5.44. The number of hydrogen-bond donors (Lipinski definition) is 1. The van der Waals surface area contributed by atoms with Crippen molar-refractivity contribution in [3.05, 3.63) is 54.1 Å². The minimum absolute atomic E-state index is 0.0229. The summed E-state index contributed by atoms with van der Waals surface area (Å²) in [7, 11) is 1.71. The summed E-state index contributed by atoms with van der Waals surface area (Å²) in [6.07, 6.45) is 6.84. The fourth-order valence-corrected chi connectivity index (χ4v) is 5.65. The maximum Gasteiger partial charge on any atom is 0.225 e. The molecule has 2 aliphatic heterocycles. The van der Waals surface area contributed by atoms with Crippen LogP contribution in [0.4, 0.5) is 11.4 Å². The van der Waals surface area contributed by atoms with Gasteiger partial charge >= 0.3 is 0 Å². The molecule has 5 rings (SSSR count). The molecule has 1 aliphatic carbocycles. The highest BCUT2D eigenvalue weighted by atomic mass is 16.5. The Morgan fingerprint density at radius 1 is 1.03 bits per heavy atom. The van der Waals surface area contributed by atoms with E-state index in [1.807, 2.05) is 12.1 Å². The van der Waals surface area contributed by atoms with Crippen molar-refractivity contribution in [3.8, 4) is 5.75 Å². The molecule has 0 bridgehead atoms. The normalized spacial score (nSPS) is 23.6. The van der Waals surface area contributed by atoms with E-state index in [0.717, 1.165) is 44.6 Å². The van der Waals surface area contributed by atoms with E-state index in [-0.39, 0.29) is 17.9 Å². The Hall–Kier alpha value is -2.69. The highest BCUT2D eigenvalue weighted by Gasteiger charge is 2.42. The molecule has 2 atom stereocenters. The first-order chi connectivity index (χ1) is 15.2. The molecule has 2 heterocycles. The van der Waals surface area contributed by atoms with Crippen molar-refractivity contribution >= 4 is 17.3 Å². The molecule has 0 radical (unpaired) electrons. The third-order valence-electron chi connectivity index (χ3n) is 7.33. The van der Waals surface area contributed by atoms with E-state index in [1.165, 1.54) is 36.2 Å². The Kier molecular flexibility index (Phi) is 5.75. The minimum atomic E-state index is -0.0229. The predicted molar refractivity (Wildman–Crippen MR) is 125 cm³/mol. The molecule has 31 heavy (non-hydrogen) atoms. The van der Waals surface area contributed by atoms with Gasteiger partial charge in [0.15, 0.2) is 0 Å². The number of anilines is 2. The van der Waals surface area contributed by atoms with Crippen LogP contribution in [0.2, 0.25) is 0 Å². The molecule has 0 spiro atoms. The second-order valence-corrected chi connectivity index (χ2v) is 9.19. The summed E-state index contributed by atoms with van der Waals surface area (Å²) in [6.45, 7) is 2.71. The molecule has 0 aromatic heterocycles. The molecular formula is C26H33N3O2. The molecule has 2 fully saturated rings. The van der Waals surface area contributed by atoms with E-state index in [1.54, 1.807) is 7.11 Å². The number of hydrogen-bond acceptors (Lipinski definition) is 4. The van der Waals surface area contributed by atoms with Crippen molar-refractivity contribution in [3.63, 3.8) is 0 Å². The van der Waals surface area contributed by atoms with Crippen LogP contribution in [0.15, 0.2) is 48.5 Å². The Bertz CT molecular complexity index is 924. The number of piperazine rings is 1. The van der Waals surface area contributed by atoms with Crippen molar-refractivity contribution in [2.75, 3.05) is 36.5 Å². The molecule has 5 nitrogen and oxygen atoms in total. The second kappa shape index (κ2) is 8.81. The molecule has 2 aromatic rings. The molecule has 1 N–H and O–H groups in total. The largest absolute Gasteiger partial charge is 0.497 e. The molecule has 164 valence electrons. The van der Waals surface area contributed by atoms with Gasteiger partial charge < -0.3 is 19.9 Å². The molecule has 5 heteroatoms. The number of methoxy groups -OCH3 is 1. The van der Waals surface area contributed by atoms with Crippen LogP contribution in [0.3, 0.4) is 0 Å². The van der Waals surface area contributed by atoms with E-state index < -0.39 is 0 Å². The van der Waals surface area contributed by atoms with Crippen molar-refractivity contribution in [1.82, 2.24) is 5.32 Å². The van der Waals surface area contributed by atoms with Crippen LogP contribution < -0.4 is 19.9 Å². The van der Waals surface area contributed by atoms with Gasteiger partial charge in [-0.1, -0.05) is 43.5 Å². The Labute approximate surface area is 185 Å². The maximum atomic E-state index is 13.5. The third kappa shape index (κ3) is 4.10. The number of nitrogens with zero attached hydrogens (tertiary/aromatic N) is 2. The number of rotatable bonds is 4. The van der Waals surface area contributed by atoms with Gasteiger partial charge in [-0.25, -0.2) is 0 Å². The van der Waals surface area contributed by atoms with Crippen molar-refractivity contribution in [1.29, 1.82) is 0 Å². The van der Waals surface area contributed by atoms with Crippen LogP contribution in [0.25, 0.3) is 0 Å². The van der Waals surface area contributed by atoms with Crippen LogP contribution in [-0.2, 0) is 11.2 Å². The number of carbonyl (C=O) groups excluding carboxylic acids is 1. The fraction of sp³-hybridized carbons (Fsp3) is 0.500. The lowest BCUT2D eigenvalue weighted by atomic mass is 9.82. The third-order valence-corrected chi connectivity index (χ3v) is 7.33. The van der Waals surface area contributed by atoms with Crippen LogP contribution in [0.1, 0.15) is 37.7 Å². The lowest BCUT2D eigenvalue weighted by Crippen LogP contribution is -2.61. The summed E-state index contributed by atoms with van der Waals surface area (Å²) in [6, 6.07) is 17.4. The van der Waals surface area contributed by atoms with Gasteiger partial charge in [-0.15, -0.1) is 0 Å². The van der Waals surface area contributed by atoms with Gasteiger partial charge in [0, 0.05) is 43.1 Å². The number of nitrogens with one attached hydrogen (secondary N) is 1. The number of para-hydroxylation sites is 1. The first-order valence-electron chi connectivity index (χ1n) is 11.8. The van der Waals surface area contributed by atoms with Crippen LogP contribution >= 0.6 is 0 Å². The van der Waals surface area contributed by atoms with Crippen molar-refractivity contribution < 1.29 is 9.53 Å². The highest BCUT2D eigenvalue weighted by Crippen LogP contribution is 2.37. The number of ether oxygens (including phenoxy) is 1. The molecule has 0 unspecified atom stereocenters. The first kappa shape index (κ1) is 20.2. The lowest BCUT2D eigenvalue weighted by Gasteiger charge is -2.50. The first-order valence-corrected chi connectivity index (χ1v) is 11.8. The topological polar surface area (TPSA) is 44.8 Å². The van der Waals surface area contributed by atoms with E-state index in [4.69, 9.17) is 4.74 Å². The monoisotopic (exact) mass is 419 g/mol. The van der Waals surface area contributed by atoms with Crippen LogP contribution in [0.5, 0.6) is 5.75 Å². The van der Waals surface area contributed by atoms with Gasteiger partial charge in [0.05, 0.1) is 19.1 Å². The lowest BCUT2D eigenvalue weighted by molar-refractivity contribution is -0.126. The Morgan fingerprint density at radius 2 is 1.87 bits per heavy atom. The smallest absolute Gasteiger partial charge is 0.225 e. The maximum absolute atomic E-state index is 13.5. The van der Waals surface area contributed by atoms with Gasteiger partial charge in [-0.2, -0.15) is 0 Å². The summed E-state index contributed by atoms with van der Waals surface area (Å²) >= 11 is 0. The predicted octanol–water partition coefficient (Wildman–Crippen LogP) is 4.01.